The van der Waals surface area contributed by atoms with Gasteiger partial charge in [-0.3, -0.25) is 0 Å². The molecule has 3 aromatic rings. The van der Waals surface area contributed by atoms with Crippen LogP contribution in [-0.4, -0.2) is 15.6 Å². The predicted octanol–water partition coefficient (Wildman–Crippen LogP) is 4.20. The molecule has 0 spiro atoms. The minimum atomic E-state index is -0.927. The Labute approximate surface area is 121 Å². The molecule has 0 aliphatic rings. The highest BCUT2D eigenvalue weighted by molar-refractivity contribution is 6.31. The lowest BCUT2D eigenvalue weighted by Crippen LogP contribution is -2.01. The third kappa shape index (κ3) is 1.96. The minimum Gasteiger partial charge on any atom is -0.478 e. The number of aromatic carboxylic acids is 1. The zero-order valence-electron chi connectivity index (χ0n) is 10.8. The Balaban J connectivity index is 2.30. The molecule has 0 unspecified atom stereocenters. The highest BCUT2D eigenvalue weighted by Gasteiger charge is 2.15. The van der Waals surface area contributed by atoms with E-state index in [1.165, 1.54) is 0 Å². The van der Waals surface area contributed by atoms with E-state index in [1.54, 1.807) is 12.1 Å². The molecule has 2 aromatic carbocycles. The number of carbonyl (C=O) groups is 1. The predicted molar refractivity (Wildman–Crippen MR) is 80.3 cm³/mol. The van der Waals surface area contributed by atoms with Crippen molar-refractivity contribution in [2.75, 3.05) is 0 Å². The molecule has 0 aliphatic heterocycles. The Hall–Kier alpha value is -2.26. The maximum absolute atomic E-state index is 11.3. The van der Waals surface area contributed by atoms with E-state index >= 15 is 0 Å². The maximum atomic E-state index is 11.3. The normalized spacial score (nSPS) is 10.9. The van der Waals surface area contributed by atoms with Crippen LogP contribution >= 0.6 is 11.6 Å². The van der Waals surface area contributed by atoms with Gasteiger partial charge in [-0.05, 0) is 30.3 Å². The summed E-state index contributed by atoms with van der Waals surface area (Å²) in [4.78, 5) is 11.3. The van der Waals surface area contributed by atoms with Gasteiger partial charge in [0.15, 0.2) is 0 Å². The molecule has 0 saturated carbocycles. The Kier molecular flexibility index (Phi) is 2.99. The summed E-state index contributed by atoms with van der Waals surface area (Å²) in [6.45, 7) is 0. The lowest BCUT2D eigenvalue weighted by atomic mass is 10.0. The van der Waals surface area contributed by atoms with E-state index in [0.29, 0.717) is 16.1 Å². The summed E-state index contributed by atoms with van der Waals surface area (Å²) in [7, 11) is 1.92. The Morgan fingerprint density at radius 2 is 1.90 bits per heavy atom. The molecule has 0 radical (unpaired) electrons. The first-order valence-electron chi connectivity index (χ1n) is 6.15. The lowest BCUT2D eigenvalue weighted by Gasteiger charge is -2.07. The van der Waals surface area contributed by atoms with Gasteiger partial charge in [0, 0.05) is 34.2 Å². The highest BCUT2D eigenvalue weighted by atomic mass is 35.5. The van der Waals surface area contributed by atoms with E-state index in [1.807, 2.05) is 48.0 Å². The Morgan fingerprint density at radius 1 is 1.15 bits per heavy atom. The maximum Gasteiger partial charge on any atom is 0.336 e. The van der Waals surface area contributed by atoms with Crippen molar-refractivity contribution < 1.29 is 9.90 Å². The molecular formula is C16H12ClNO2. The molecule has 3 nitrogen and oxygen atoms in total. The Bertz CT molecular complexity index is 820. The molecule has 4 heteroatoms. The van der Waals surface area contributed by atoms with Crippen LogP contribution in [0, 0.1) is 0 Å². The SMILES string of the molecule is Cn1c(-c2ccccc2C(=O)O)cc2cc(Cl)ccc21. The summed E-state index contributed by atoms with van der Waals surface area (Å²) in [5.74, 6) is -0.927. The first-order valence-corrected chi connectivity index (χ1v) is 6.53. The molecule has 0 amide bonds. The van der Waals surface area contributed by atoms with Crippen LogP contribution in [0.15, 0.2) is 48.5 Å². The monoisotopic (exact) mass is 285 g/mol. The molecule has 0 atom stereocenters. The van der Waals surface area contributed by atoms with Crippen LogP contribution in [0.25, 0.3) is 22.2 Å². The summed E-state index contributed by atoms with van der Waals surface area (Å²) < 4.78 is 1.98. The number of hydrogen-bond donors (Lipinski definition) is 1. The van der Waals surface area contributed by atoms with Crippen LogP contribution in [0.4, 0.5) is 0 Å². The average Bonchev–Trinajstić information content (AvgIpc) is 2.75. The number of nitrogens with zero attached hydrogens (tertiary/aromatic N) is 1. The van der Waals surface area contributed by atoms with Gasteiger partial charge in [0.25, 0.3) is 0 Å². The van der Waals surface area contributed by atoms with Crippen LogP contribution in [0.3, 0.4) is 0 Å². The van der Waals surface area contributed by atoms with Crippen LogP contribution in [0.2, 0.25) is 5.02 Å². The summed E-state index contributed by atoms with van der Waals surface area (Å²) in [5.41, 5.74) is 2.88. The van der Waals surface area contributed by atoms with Crippen LogP contribution in [0.1, 0.15) is 10.4 Å². The molecule has 0 bridgehead atoms. The number of benzene rings is 2. The van der Waals surface area contributed by atoms with Gasteiger partial charge >= 0.3 is 5.97 Å². The van der Waals surface area contributed by atoms with Gasteiger partial charge in [-0.15, -0.1) is 0 Å². The molecule has 100 valence electrons. The van der Waals surface area contributed by atoms with Gasteiger partial charge in [0.05, 0.1) is 5.56 Å². The van der Waals surface area contributed by atoms with Crippen molar-refractivity contribution in [1.82, 2.24) is 4.57 Å². The van der Waals surface area contributed by atoms with E-state index < -0.39 is 5.97 Å². The van der Waals surface area contributed by atoms with Crippen molar-refractivity contribution in [3.05, 3.63) is 59.1 Å². The fourth-order valence-electron chi connectivity index (χ4n) is 2.47. The summed E-state index contributed by atoms with van der Waals surface area (Å²) in [5, 5.41) is 11.0. The van der Waals surface area contributed by atoms with E-state index in [2.05, 4.69) is 0 Å². The largest absolute Gasteiger partial charge is 0.478 e. The van der Waals surface area contributed by atoms with Gasteiger partial charge in [-0.25, -0.2) is 4.79 Å². The number of carboxylic acids is 1. The third-order valence-corrected chi connectivity index (χ3v) is 3.67. The number of halogens is 1. The topological polar surface area (TPSA) is 42.2 Å². The van der Waals surface area contributed by atoms with Crippen molar-refractivity contribution in [2.45, 2.75) is 0 Å². The van der Waals surface area contributed by atoms with Crippen molar-refractivity contribution in [1.29, 1.82) is 0 Å². The molecular weight excluding hydrogens is 274 g/mol. The summed E-state index contributed by atoms with van der Waals surface area (Å²) >= 11 is 6.00. The molecule has 0 fully saturated rings. The second-order valence-electron chi connectivity index (χ2n) is 4.64. The molecule has 3 rings (SSSR count). The van der Waals surface area contributed by atoms with Crippen LogP contribution in [-0.2, 0) is 7.05 Å². The molecule has 1 aromatic heterocycles. The Morgan fingerprint density at radius 3 is 2.65 bits per heavy atom. The zero-order valence-corrected chi connectivity index (χ0v) is 11.6. The fourth-order valence-corrected chi connectivity index (χ4v) is 2.65. The number of fused-ring (bicyclic) bond motifs is 1. The average molecular weight is 286 g/mol. The quantitative estimate of drug-likeness (QED) is 0.767. The van der Waals surface area contributed by atoms with Gasteiger partial charge < -0.3 is 9.67 Å². The molecule has 1 heterocycles. The number of aryl methyl sites for hydroxylation is 1. The second kappa shape index (κ2) is 4.69. The molecule has 0 saturated heterocycles. The van der Waals surface area contributed by atoms with Crippen molar-refractivity contribution in [2.24, 2.45) is 7.05 Å². The first-order chi connectivity index (χ1) is 9.58. The zero-order chi connectivity index (χ0) is 14.3. The van der Waals surface area contributed by atoms with Crippen molar-refractivity contribution in [3.8, 4) is 11.3 Å². The van der Waals surface area contributed by atoms with E-state index in [9.17, 15) is 9.90 Å². The highest BCUT2D eigenvalue weighted by Crippen LogP contribution is 2.30. The van der Waals surface area contributed by atoms with Crippen molar-refractivity contribution in [3.63, 3.8) is 0 Å². The van der Waals surface area contributed by atoms with E-state index in [-0.39, 0.29) is 0 Å². The van der Waals surface area contributed by atoms with Crippen LogP contribution < -0.4 is 0 Å². The number of rotatable bonds is 2. The first kappa shape index (κ1) is 12.8. The molecule has 0 aliphatic carbocycles. The van der Waals surface area contributed by atoms with Gasteiger partial charge in [0.1, 0.15) is 0 Å². The number of carboxylic acid groups (broad SMARTS) is 1. The number of aromatic nitrogens is 1. The summed E-state index contributed by atoms with van der Waals surface area (Å²) in [6, 6.07) is 14.6. The smallest absolute Gasteiger partial charge is 0.336 e. The second-order valence-corrected chi connectivity index (χ2v) is 5.08. The van der Waals surface area contributed by atoms with Gasteiger partial charge in [-0.1, -0.05) is 29.8 Å². The minimum absolute atomic E-state index is 0.296. The van der Waals surface area contributed by atoms with Gasteiger partial charge in [0.2, 0.25) is 0 Å². The lowest BCUT2D eigenvalue weighted by molar-refractivity contribution is 0.0697. The standard InChI is InChI=1S/C16H12ClNO2/c1-18-14-7-6-11(17)8-10(14)9-15(18)12-4-2-3-5-13(12)16(19)20/h2-9H,1H3,(H,19,20). The fraction of sp³-hybridized carbons (Fsp3) is 0.0625. The summed E-state index contributed by atoms with van der Waals surface area (Å²) in [6.07, 6.45) is 0. The third-order valence-electron chi connectivity index (χ3n) is 3.44. The molecule has 20 heavy (non-hydrogen) atoms. The molecule has 1 N–H and O–H groups in total. The van der Waals surface area contributed by atoms with E-state index in [4.69, 9.17) is 11.6 Å². The van der Waals surface area contributed by atoms with Crippen molar-refractivity contribution >= 4 is 28.5 Å². The van der Waals surface area contributed by atoms with Gasteiger partial charge in [-0.2, -0.15) is 0 Å². The number of hydrogen-bond acceptors (Lipinski definition) is 1. The van der Waals surface area contributed by atoms with E-state index in [0.717, 1.165) is 16.6 Å². The van der Waals surface area contributed by atoms with Crippen LogP contribution in [0.5, 0.6) is 0 Å².